The number of hydrogen-bond acceptors (Lipinski definition) is 6. The van der Waals surface area contributed by atoms with Crippen molar-refractivity contribution in [2.24, 2.45) is 5.41 Å². The molecule has 1 aromatic rings. The van der Waals surface area contributed by atoms with Crippen molar-refractivity contribution < 1.29 is 9.53 Å². The average molecular weight is 310 g/mol. The highest BCUT2D eigenvalue weighted by molar-refractivity contribution is 6.48. The molecule has 0 spiro atoms. The van der Waals surface area contributed by atoms with E-state index >= 15 is 0 Å². The number of aromatic nitrogens is 2. The van der Waals surface area contributed by atoms with Crippen LogP contribution in [0.2, 0.25) is 13.1 Å². The fraction of sp³-hybridized carbons (Fsp3) is 0.714. The molecule has 118 valence electrons. The number of fused-ring (bicyclic) bond motifs is 1. The van der Waals surface area contributed by atoms with Gasteiger partial charge in [0.1, 0.15) is 5.82 Å². The lowest BCUT2D eigenvalue weighted by Crippen LogP contribution is -2.40. The molecule has 2 atom stereocenters. The minimum Gasteiger partial charge on any atom is -0.493 e. The van der Waals surface area contributed by atoms with E-state index in [0.717, 1.165) is 18.5 Å². The molecule has 0 bridgehead atoms. The van der Waals surface area contributed by atoms with Gasteiger partial charge in [-0.05, 0) is 24.9 Å². The lowest BCUT2D eigenvalue weighted by molar-refractivity contribution is 0.0571. The highest BCUT2D eigenvalue weighted by atomic mass is 28.3. The first-order valence-corrected chi connectivity index (χ1v) is 10.2. The number of anilines is 2. The largest absolute Gasteiger partial charge is 0.493 e. The van der Waals surface area contributed by atoms with E-state index in [4.69, 9.17) is 10.2 Å². The van der Waals surface area contributed by atoms with Gasteiger partial charge in [-0.25, -0.2) is 0 Å². The molecule has 0 saturated heterocycles. The van der Waals surface area contributed by atoms with Crippen LogP contribution in [0.1, 0.15) is 38.7 Å². The molecule has 0 amide bonds. The molecule has 1 aliphatic rings. The number of hydrogen-bond donors (Lipinski definition) is 3. The Labute approximate surface area is 127 Å². The van der Waals surface area contributed by atoms with Gasteiger partial charge < -0.3 is 20.6 Å². The normalized spacial score (nSPS) is 20.0. The van der Waals surface area contributed by atoms with Gasteiger partial charge in [0, 0.05) is 12.5 Å². The Balaban J connectivity index is 2.45. The summed E-state index contributed by atoms with van der Waals surface area (Å²) >= 11 is 0. The van der Waals surface area contributed by atoms with E-state index in [-0.39, 0.29) is 29.3 Å². The zero-order chi connectivity index (χ0) is 15.8. The van der Waals surface area contributed by atoms with Crippen molar-refractivity contribution in [2.45, 2.75) is 52.3 Å². The van der Waals surface area contributed by atoms with Gasteiger partial charge in [-0.1, -0.05) is 20.8 Å². The molecule has 0 radical (unpaired) electrons. The molecule has 0 aliphatic carbocycles. The van der Waals surface area contributed by atoms with Crippen LogP contribution < -0.4 is 11.1 Å². The van der Waals surface area contributed by atoms with Crippen LogP contribution in [0.4, 0.5) is 11.8 Å². The SMILES string of the molecule is C[SiH](C)OC(C1CCNc2nc(N)nc(O)c21)C(C)(C)C. The molecule has 0 saturated carbocycles. The number of nitrogens with zero attached hydrogens (tertiary/aromatic N) is 2. The van der Waals surface area contributed by atoms with E-state index in [0.29, 0.717) is 5.82 Å². The number of rotatable bonds is 3. The molecule has 2 unspecified atom stereocenters. The highest BCUT2D eigenvalue weighted by Gasteiger charge is 2.39. The Bertz CT molecular complexity index is 516. The van der Waals surface area contributed by atoms with Gasteiger partial charge in [0.2, 0.25) is 11.8 Å². The van der Waals surface area contributed by atoms with Crippen LogP contribution >= 0.6 is 0 Å². The van der Waals surface area contributed by atoms with Crippen LogP contribution in [0.3, 0.4) is 0 Å². The highest BCUT2D eigenvalue weighted by Crippen LogP contribution is 2.44. The van der Waals surface area contributed by atoms with Crippen molar-refractivity contribution in [1.82, 2.24) is 9.97 Å². The average Bonchev–Trinajstić information content (AvgIpc) is 2.33. The van der Waals surface area contributed by atoms with Gasteiger partial charge >= 0.3 is 0 Å². The van der Waals surface area contributed by atoms with E-state index in [9.17, 15) is 5.11 Å². The molecule has 1 aromatic heterocycles. The van der Waals surface area contributed by atoms with Crippen LogP contribution in [0.15, 0.2) is 0 Å². The second kappa shape index (κ2) is 5.80. The van der Waals surface area contributed by atoms with Gasteiger partial charge in [0.15, 0.2) is 9.04 Å². The maximum Gasteiger partial charge on any atom is 0.225 e. The standard InChI is InChI=1S/C14H26N4O2Si/c1-14(2,3)10(20-21(4)5)8-6-7-16-11-9(8)12(19)18-13(15)17-11/h8,10,21H,6-7H2,1-5H3,(H4,15,16,17,18,19). The van der Waals surface area contributed by atoms with Gasteiger partial charge in [-0.2, -0.15) is 9.97 Å². The molecule has 7 heteroatoms. The molecular weight excluding hydrogens is 284 g/mol. The zero-order valence-corrected chi connectivity index (χ0v) is 14.6. The predicted octanol–water partition coefficient (Wildman–Crippen LogP) is 2.08. The maximum absolute atomic E-state index is 10.2. The lowest BCUT2D eigenvalue weighted by atomic mass is 9.76. The van der Waals surface area contributed by atoms with E-state index in [1.54, 1.807) is 0 Å². The molecule has 4 N–H and O–H groups in total. The van der Waals surface area contributed by atoms with Crippen molar-refractivity contribution in [3.8, 4) is 5.88 Å². The summed E-state index contributed by atoms with van der Waals surface area (Å²) in [5.74, 6) is 0.778. The van der Waals surface area contributed by atoms with Crippen LogP contribution in [-0.4, -0.2) is 36.8 Å². The third-order valence-electron chi connectivity index (χ3n) is 3.70. The Hall–Kier alpha value is -1.34. The van der Waals surface area contributed by atoms with Crippen molar-refractivity contribution in [1.29, 1.82) is 0 Å². The van der Waals surface area contributed by atoms with Gasteiger partial charge in [0.05, 0.1) is 11.7 Å². The maximum atomic E-state index is 10.2. The topological polar surface area (TPSA) is 93.3 Å². The summed E-state index contributed by atoms with van der Waals surface area (Å²) in [6, 6.07) is 0. The minimum atomic E-state index is -1.21. The van der Waals surface area contributed by atoms with Gasteiger partial charge in [0.25, 0.3) is 0 Å². The van der Waals surface area contributed by atoms with Crippen LogP contribution in [0.25, 0.3) is 0 Å². The summed E-state index contributed by atoms with van der Waals surface area (Å²) in [5.41, 5.74) is 6.34. The smallest absolute Gasteiger partial charge is 0.225 e. The molecule has 6 nitrogen and oxygen atoms in total. The molecule has 1 aliphatic heterocycles. The second-order valence-corrected chi connectivity index (χ2v) is 9.33. The number of aromatic hydroxyl groups is 1. The third-order valence-corrected chi connectivity index (χ3v) is 4.54. The van der Waals surface area contributed by atoms with Crippen LogP contribution in [-0.2, 0) is 4.43 Å². The molecular formula is C14H26N4O2Si. The van der Waals surface area contributed by atoms with Crippen molar-refractivity contribution in [3.63, 3.8) is 0 Å². The second-order valence-electron chi connectivity index (χ2n) is 6.96. The van der Waals surface area contributed by atoms with Crippen molar-refractivity contribution >= 4 is 20.8 Å². The molecule has 0 aromatic carbocycles. The van der Waals surface area contributed by atoms with E-state index in [2.05, 4.69) is 49.1 Å². The summed E-state index contributed by atoms with van der Waals surface area (Å²) < 4.78 is 6.31. The molecule has 0 fully saturated rings. The monoisotopic (exact) mass is 310 g/mol. The van der Waals surface area contributed by atoms with Crippen molar-refractivity contribution in [3.05, 3.63) is 5.56 Å². The Kier molecular flexibility index (Phi) is 4.43. The fourth-order valence-corrected chi connectivity index (χ4v) is 4.12. The summed E-state index contributed by atoms with van der Waals surface area (Å²) in [4.78, 5) is 8.14. The predicted molar refractivity (Wildman–Crippen MR) is 87.2 cm³/mol. The first kappa shape index (κ1) is 16.0. The number of nitrogens with two attached hydrogens (primary N) is 1. The summed E-state index contributed by atoms with van der Waals surface area (Å²) in [6.07, 6.45) is 0.916. The molecule has 2 rings (SSSR count). The summed E-state index contributed by atoms with van der Waals surface area (Å²) in [7, 11) is -1.21. The lowest BCUT2D eigenvalue weighted by Gasteiger charge is -2.40. The van der Waals surface area contributed by atoms with Crippen LogP contribution in [0.5, 0.6) is 5.88 Å². The van der Waals surface area contributed by atoms with E-state index < -0.39 is 9.04 Å². The summed E-state index contributed by atoms with van der Waals surface area (Å²) in [6.45, 7) is 11.6. The van der Waals surface area contributed by atoms with Gasteiger partial charge in [-0.15, -0.1) is 0 Å². The van der Waals surface area contributed by atoms with Gasteiger partial charge in [-0.3, -0.25) is 0 Å². The summed E-state index contributed by atoms with van der Waals surface area (Å²) in [5, 5.41) is 13.4. The Morgan fingerprint density at radius 1 is 1.38 bits per heavy atom. The minimum absolute atomic E-state index is 0.0234. The third kappa shape index (κ3) is 3.46. The quantitative estimate of drug-likeness (QED) is 0.740. The first-order valence-electron chi connectivity index (χ1n) is 7.46. The first-order chi connectivity index (χ1) is 9.70. The van der Waals surface area contributed by atoms with E-state index in [1.807, 2.05) is 0 Å². The van der Waals surface area contributed by atoms with Crippen molar-refractivity contribution in [2.75, 3.05) is 17.6 Å². The molecule has 21 heavy (non-hydrogen) atoms. The van der Waals surface area contributed by atoms with Crippen LogP contribution in [0, 0.1) is 5.41 Å². The zero-order valence-electron chi connectivity index (χ0n) is 13.5. The van der Waals surface area contributed by atoms with E-state index in [1.165, 1.54) is 0 Å². The Morgan fingerprint density at radius 3 is 2.62 bits per heavy atom. The fourth-order valence-electron chi connectivity index (χ4n) is 2.94. The Morgan fingerprint density at radius 2 is 2.05 bits per heavy atom. The molecule has 2 heterocycles. The number of nitrogen functional groups attached to an aromatic ring is 1. The number of nitrogens with one attached hydrogen (secondary N) is 1.